The maximum atomic E-state index is 4.80. The van der Waals surface area contributed by atoms with Gasteiger partial charge < -0.3 is 0 Å². The van der Waals surface area contributed by atoms with Gasteiger partial charge in [0.2, 0.25) is 0 Å². The molecule has 1 rings (SSSR count). The van der Waals surface area contributed by atoms with E-state index in [1.165, 1.54) is 25.7 Å². The van der Waals surface area contributed by atoms with E-state index in [1.807, 2.05) is 0 Å². The van der Waals surface area contributed by atoms with Gasteiger partial charge in [-0.15, -0.1) is 0 Å². The molecule has 1 aliphatic heterocycles. The van der Waals surface area contributed by atoms with Crippen molar-refractivity contribution in [2.24, 2.45) is 22.1 Å². The summed E-state index contributed by atoms with van der Waals surface area (Å²) in [4.78, 5) is 0. The van der Waals surface area contributed by atoms with Gasteiger partial charge in [-0.25, -0.2) is 0 Å². The molecule has 0 fully saturated rings. The van der Waals surface area contributed by atoms with Crippen LogP contribution in [0.4, 0.5) is 0 Å². The Labute approximate surface area is 138 Å². The molecule has 22 heavy (non-hydrogen) atoms. The highest BCUT2D eigenvalue weighted by molar-refractivity contribution is 4.94. The van der Waals surface area contributed by atoms with Gasteiger partial charge in [0.05, 0.1) is 12.1 Å². The lowest BCUT2D eigenvalue weighted by molar-refractivity contribution is 0.371. The molecule has 0 bridgehead atoms. The first-order valence-corrected chi connectivity index (χ1v) is 9.38. The molecule has 0 saturated heterocycles. The molecule has 0 saturated carbocycles. The zero-order valence-electron chi connectivity index (χ0n) is 15.2. The van der Waals surface area contributed by atoms with Gasteiger partial charge in [0, 0.05) is 0 Å². The van der Waals surface area contributed by atoms with Gasteiger partial charge in [-0.2, -0.15) is 10.2 Å². The van der Waals surface area contributed by atoms with Crippen LogP contribution in [0.5, 0.6) is 0 Å². The average molecular weight is 305 g/mol. The van der Waals surface area contributed by atoms with Crippen molar-refractivity contribution in [3.05, 3.63) is 24.3 Å². The number of allylic oxidation sites excluding steroid dienone is 2. The third kappa shape index (κ3) is 7.38. The lowest BCUT2D eigenvalue weighted by atomic mass is 9.93. The molecule has 0 amide bonds. The molecular weight excluding hydrogens is 268 g/mol. The van der Waals surface area contributed by atoms with E-state index in [0.717, 1.165) is 25.7 Å². The van der Waals surface area contributed by atoms with Crippen LogP contribution in [0.2, 0.25) is 0 Å². The minimum absolute atomic E-state index is 0.357. The van der Waals surface area contributed by atoms with Crippen LogP contribution in [0.25, 0.3) is 0 Å². The molecule has 2 nitrogen and oxygen atoms in total. The average Bonchev–Trinajstić information content (AvgIpc) is 2.48. The SMILES string of the molecule is CCCC(C)C1CC=CCCC=CCC(C(C)CCC)N=N1. The molecule has 0 aliphatic carbocycles. The molecule has 1 heterocycles. The van der Waals surface area contributed by atoms with Crippen LogP contribution < -0.4 is 0 Å². The summed E-state index contributed by atoms with van der Waals surface area (Å²) in [7, 11) is 0. The van der Waals surface area contributed by atoms with Crippen LogP contribution in [0.15, 0.2) is 34.5 Å². The van der Waals surface area contributed by atoms with Crippen molar-refractivity contribution in [3.8, 4) is 0 Å². The number of hydrogen-bond acceptors (Lipinski definition) is 2. The standard InChI is InChI=1S/C20H36N2/c1-5-13-17(3)19-15-11-9-7-8-10-12-16-20(22-21-19)18(4)14-6-2/h9-12,17-20H,5-8,13-16H2,1-4H3. The summed E-state index contributed by atoms with van der Waals surface area (Å²) in [5.74, 6) is 1.25. The fraction of sp³-hybridized carbons (Fsp3) is 0.800. The van der Waals surface area contributed by atoms with Gasteiger partial charge in [-0.1, -0.05) is 64.8 Å². The van der Waals surface area contributed by atoms with E-state index in [1.54, 1.807) is 0 Å². The largest absolute Gasteiger partial charge is 0.190 e. The predicted octanol–water partition coefficient (Wildman–Crippen LogP) is 6.73. The number of hydrogen-bond donors (Lipinski definition) is 0. The Kier molecular flexibility index (Phi) is 10.1. The Morgan fingerprint density at radius 3 is 1.55 bits per heavy atom. The Hall–Kier alpha value is -0.920. The van der Waals surface area contributed by atoms with Crippen LogP contribution in [0, 0.1) is 11.8 Å². The Bertz CT molecular complexity index is 323. The second kappa shape index (κ2) is 11.6. The molecule has 2 heteroatoms. The molecular formula is C20H36N2. The number of rotatable bonds is 6. The predicted molar refractivity (Wildman–Crippen MR) is 97.3 cm³/mol. The highest BCUT2D eigenvalue weighted by Gasteiger charge is 2.18. The lowest BCUT2D eigenvalue weighted by Crippen LogP contribution is -2.18. The number of azo groups is 1. The summed E-state index contributed by atoms with van der Waals surface area (Å²) < 4.78 is 0. The Balaban J connectivity index is 2.83. The summed E-state index contributed by atoms with van der Waals surface area (Å²) in [6, 6.07) is 0.715. The summed E-state index contributed by atoms with van der Waals surface area (Å²) in [5.41, 5.74) is 0. The van der Waals surface area contributed by atoms with E-state index in [-0.39, 0.29) is 0 Å². The fourth-order valence-corrected chi connectivity index (χ4v) is 3.15. The van der Waals surface area contributed by atoms with Crippen LogP contribution >= 0.6 is 0 Å². The van der Waals surface area contributed by atoms with Crippen molar-refractivity contribution in [3.63, 3.8) is 0 Å². The van der Waals surface area contributed by atoms with E-state index < -0.39 is 0 Å². The van der Waals surface area contributed by atoms with E-state index in [0.29, 0.717) is 23.9 Å². The highest BCUT2D eigenvalue weighted by Crippen LogP contribution is 2.23. The van der Waals surface area contributed by atoms with Crippen molar-refractivity contribution >= 4 is 0 Å². The molecule has 4 unspecified atom stereocenters. The quantitative estimate of drug-likeness (QED) is 0.486. The van der Waals surface area contributed by atoms with Crippen molar-refractivity contribution < 1.29 is 0 Å². The molecule has 4 atom stereocenters. The second-order valence-electron chi connectivity index (χ2n) is 6.89. The van der Waals surface area contributed by atoms with Gasteiger partial charge in [-0.05, 0) is 50.4 Å². The molecule has 0 aromatic rings. The first-order valence-electron chi connectivity index (χ1n) is 9.38. The van der Waals surface area contributed by atoms with Crippen molar-refractivity contribution in [2.75, 3.05) is 0 Å². The molecule has 0 radical (unpaired) electrons. The molecule has 0 spiro atoms. The minimum Gasteiger partial charge on any atom is -0.190 e. The second-order valence-corrected chi connectivity index (χ2v) is 6.89. The van der Waals surface area contributed by atoms with E-state index in [2.05, 4.69) is 52.0 Å². The third-order valence-corrected chi connectivity index (χ3v) is 4.75. The maximum absolute atomic E-state index is 4.80. The highest BCUT2D eigenvalue weighted by atomic mass is 15.1. The van der Waals surface area contributed by atoms with Gasteiger partial charge >= 0.3 is 0 Å². The van der Waals surface area contributed by atoms with Crippen molar-refractivity contribution in [1.29, 1.82) is 0 Å². The third-order valence-electron chi connectivity index (χ3n) is 4.75. The molecule has 1 aliphatic rings. The topological polar surface area (TPSA) is 24.7 Å². The Morgan fingerprint density at radius 2 is 1.18 bits per heavy atom. The van der Waals surface area contributed by atoms with Gasteiger partial charge in [0.25, 0.3) is 0 Å². The Morgan fingerprint density at radius 1 is 0.773 bits per heavy atom. The van der Waals surface area contributed by atoms with Gasteiger partial charge in [0.15, 0.2) is 0 Å². The van der Waals surface area contributed by atoms with Gasteiger partial charge in [-0.3, -0.25) is 0 Å². The van der Waals surface area contributed by atoms with E-state index in [4.69, 9.17) is 10.2 Å². The fourth-order valence-electron chi connectivity index (χ4n) is 3.15. The van der Waals surface area contributed by atoms with Crippen LogP contribution in [-0.2, 0) is 0 Å². The first kappa shape index (κ1) is 19.1. The first-order chi connectivity index (χ1) is 10.7. The van der Waals surface area contributed by atoms with Gasteiger partial charge in [0.1, 0.15) is 0 Å². The van der Waals surface area contributed by atoms with Crippen LogP contribution in [-0.4, -0.2) is 12.1 Å². The zero-order chi connectivity index (χ0) is 16.2. The molecule has 0 aromatic heterocycles. The summed E-state index contributed by atoms with van der Waals surface area (Å²) in [5, 5.41) is 9.60. The monoisotopic (exact) mass is 304 g/mol. The summed E-state index contributed by atoms with van der Waals surface area (Å²) >= 11 is 0. The maximum Gasteiger partial charge on any atom is 0.0768 e. The van der Waals surface area contributed by atoms with Crippen LogP contribution in [0.3, 0.4) is 0 Å². The lowest BCUT2D eigenvalue weighted by Gasteiger charge is -2.21. The van der Waals surface area contributed by atoms with Crippen molar-refractivity contribution in [2.45, 2.75) is 91.1 Å². The van der Waals surface area contributed by atoms with Crippen LogP contribution in [0.1, 0.15) is 79.1 Å². The minimum atomic E-state index is 0.357. The molecule has 0 aromatic carbocycles. The number of nitrogens with zero attached hydrogens (tertiary/aromatic N) is 2. The smallest absolute Gasteiger partial charge is 0.0768 e. The summed E-state index contributed by atoms with van der Waals surface area (Å²) in [6.07, 6.45) is 18.6. The molecule has 0 N–H and O–H groups in total. The van der Waals surface area contributed by atoms with E-state index in [9.17, 15) is 0 Å². The van der Waals surface area contributed by atoms with E-state index >= 15 is 0 Å². The zero-order valence-corrected chi connectivity index (χ0v) is 15.2. The normalized spacial score (nSPS) is 26.2. The summed E-state index contributed by atoms with van der Waals surface area (Å²) in [6.45, 7) is 9.18. The molecule has 126 valence electrons. The van der Waals surface area contributed by atoms with Crippen molar-refractivity contribution in [1.82, 2.24) is 0 Å².